The summed E-state index contributed by atoms with van der Waals surface area (Å²) < 4.78 is 0. The highest BCUT2D eigenvalue weighted by atomic mass is 16.2. The van der Waals surface area contributed by atoms with E-state index in [2.05, 4.69) is 10.2 Å². The average Bonchev–Trinajstić information content (AvgIpc) is 3.02. The van der Waals surface area contributed by atoms with Gasteiger partial charge in [-0.3, -0.25) is 14.7 Å². The molecule has 1 aliphatic rings. The molecule has 1 atom stereocenters. The summed E-state index contributed by atoms with van der Waals surface area (Å²) in [6.45, 7) is 2.35. The summed E-state index contributed by atoms with van der Waals surface area (Å²) in [6.07, 6.45) is 1.21. The van der Waals surface area contributed by atoms with Gasteiger partial charge >= 0.3 is 0 Å². The van der Waals surface area contributed by atoms with Crippen molar-refractivity contribution < 1.29 is 9.59 Å². The molecule has 2 amide bonds. The van der Waals surface area contributed by atoms with E-state index in [0.29, 0.717) is 18.7 Å². The second-order valence-corrected chi connectivity index (χ2v) is 5.46. The Morgan fingerprint density at radius 1 is 1.36 bits per heavy atom. The van der Waals surface area contributed by atoms with Crippen LogP contribution in [-0.2, 0) is 24.2 Å². The molecule has 0 fully saturated rings. The second-order valence-electron chi connectivity index (χ2n) is 5.46. The standard InChI is InChI=1S/C16H18N4O2/c1-2-12-8-13(19-18-12)16(22)20-9-11-6-4-3-5-10(11)7-14(20)15(17)21/h3-6,8,14H,2,7,9H2,1H3,(H2,17,21)(H,18,19)/t14-/m0/s1. The number of nitrogens with zero attached hydrogens (tertiary/aromatic N) is 2. The summed E-state index contributed by atoms with van der Waals surface area (Å²) in [5, 5.41) is 6.87. The number of aromatic amines is 1. The number of primary amides is 1. The molecule has 1 aliphatic heterocycles. The number of rotatable bonds is 3. The molecule has 3 N–H and O–H groups in total. The fraction of sp³-hybridized carbons (Fsp3) is 0.312. The number of aromatic nitrogens is 2. The fourth-order valence-corrected chi connectivity index (χ4v) is 2.79. The number of nitrogens with one attached hydrogen (secondary N) is 1. The molecule has 3 rings (SSSR count). The average molecular weight is 298 g/mol. The molecule has 1 aromatic heterocycles. The number of H-pyrrole nitrogens is 1. The lowest BCUT2D eigenvalue weighted by Crippen LogP contribution is -2.51. The Labute approximate surface area is 128 Å². The van der Waals surface area contributed by atoms with Gasteiger partial charge in [0, 0.05) is 18.7 Å². The van der Waals surface area contributed by atoms with E-state index in [1.807, 2.05) is 31.2 Å². The molecular weight excluding hydrogens is 280 g/mol. The number of carbonyl (C=O) groups excluding carboxylic acids is 2. The number of benzene rings is 1. The van der Waals surface area contributed by atoms with Crippen molar-refractivity contribution in [2.45, 2.75) is 32.4 Å². The number of carbonyl (C=O) groups is 2. The van der Waals surface area contributed by atoms with E-state index in [1.165, 1.54) is 4.90 Å². The van der Waals surface area contributed by atoms with Crippen LogP contribution < -0.4 is 5.73 Å². The molecule has 0 bridgehead atoms. The molecular formula is C16H18N4O2. The van der Waals surface area contributed by atoms with Crippen molar-refractivity contribution in [3.05, 3.63) is 52.8 Å². The van der Waals surface area contributed by atoms with Crippen molar-refractivity contribution in [3.8, 4) is 0 Å². The summed E-state index contributed by atoms with van der Waals surface area (Å²) >= 11 is 0. The number of hydrogen-bond donors (Lipinski definition) is 2. The Morgan fingerprint density at radius 3 is 2.73 bits per heavy atom. The van der Waals surface area contributed by atoms with E-state index in [4.69, 9.17) is 5.73 Å². The Balaban J connectivity index is 1.93. The summed E-state index contributed by atoms with van der Waals surface area (Å²) in [4.78, 5) is 26.0. The number of nitrogens with two attached hydrogens (primary N) is 1. The molecule has 0 radical (unpaired) electrons. The molecule has 1 aromatic carbocycles. The van der Waals surface area contributed by atoms with E-state index in [0.717, 1.165) is 23.2 Å². The van der Waals surface area contributed by atoms with E-state index in [-0.39, 0.29) is 5.91 Å². The van der Waals surface area contributed by atoms with Gasteiger partial charge in [-0.05, 0) is 23.6 Å². The smallest absolute Gasteiger partial charge is 0.275 e. The van der Waals surface area contributed by atoms with Crippen LogP contribution in [0.2, 0.25) is 0 Å². The van der Waals surface area contributed by atoms with Crippen molar-refractivity contribution in [1.82, 2.24) is 15.1 Å². The van der Waals surface area contributed by atoms with Crippen LogP contribution in [0.3, 0.4) is 0 Å². The monoisotopic (exact) mass is 298 g/mol. The van der Waals surface area contributed by atoms with Gasteiger partial charge in [0.25, 0.3) is 5.91 Å². The van der Waals surface area contributed by atoms with E-state index in [9.17, 15) is 9.59 Å². The zero-order valence-electron chi connectivity index (χ0n) is 12.4. The van der Waals surface area contributed by atoms with Crippen molar-refractivity contribution in [2.24, 2.45) is 5.73 Å². The lowest BCUT2D eigenvalue weighted by atomic mass is 9.93. The van der Waals surface area contributed by atoms with E-state index < -0.39 is 11.9 Å². The lowest BCUT2D eigenvalue weighted by Gasteiger charge is -2.34. The van der Waals surface area contributed by atoms with Crippen LogP contribution in [-0.4, -0.2) is 33.0 Å². The van der Waals surface area contributed by atoms with Crippen LogP contribution >= 0.6 is 0 Å². The number of aryl methyl sites for hydroxylation is 1. The van der Waals surface area contributed by atoms with Crippen LogP contribution in [0.15, 0.2) is 30.3 Å². The Hall–Kier alpha value is -2.63. The van der Waals surface area contributed by atoms with Gasteiger partial charge in [0.05, 0.1) is 0 Å². The molecule has 0 saturated heterocycles. The zero-order chi connectivity index (χ0) is 15.7. The van der Waals surface area contributed by atoms with Crippen LogP contribution in [0.1, 0.15) is 34.2 Å². The minimum absolute atomic E-state index is 0.269. The summed E-state index contributed by atoms with van der Waals surface area (Å²) in [7, 11) is 0. The van der Waals surface area contributed by atoms with Gasteiger partial charge in [0.1, 0.15) is 11.7 Å². The third kappa shape index (κ3) is 2.47. The van der Waals surface area contributed by atoms with E-state index >= 15 is 0 Å². The van der Waals surface area contributed by atoms with Gasteiger partial charge in [-0.1, -0.05) is 31.2 Å². The first-order valence-electron chi connectivity index (χ1n) is 7.31. The lowest BCUT2D eigenvalue weighted by molar-refractivity contribution is -0.122. The third-order valence-electron chi connectivity index (χ3n) is 4.07. The minimum atomic E-state index is -0.635. The Kier molecular flexibility index (Phi) is 3.66. The molecule has 0 unspecified atom stereocenters. The largest absolute Gasteiger partial charge is 0.368 e. The highest BCUT2D eigenvalue weighted by Crippen LogP contribution is 2.24. The summed E-state index contributed by atoms with van der Waals surface area (Å²) in [6, 6.07) is 8.88. The van der Waals surface area contributed by atoms with Crippen molar-refractivity contribution >= 4 is 11.8 Å². The van der Waals surface area contributed by atoms with Gasteiger partial charge in [-0.15, -0.1) is 0 Å². The van der Waals surface area contributed by atoms with Crippen LogP contribution in [0, 0.1) is 0 Å². The molecule has 114 valence electrons. The summed E-state index contributed by atoms with van der Waals surface area (Å²) in [5.41, 5.74) is 8.81. The Morgan fingerprint density at radius 2 is 2.09 bits per heavy atom. The first kappa shape index (κ1) is 14.3. The predicted octanol–water partition coefficient (Wildman–Crippen LogP) is 1.02. The van der Waals surface area contributed by atoms with Gasteiger partial charge in [-0.2, -0.15) is 5.10 Å². The molecule has 2 aromatic rings. The maximum atomic E-state index is 12.7. The maximum Gasteiger partial charge on any atom is 0.275 e. The first-order valence-corrected chi connectivity index (χ1v) is 7.31. The highest BCUT2D eigenvalue weighted by molar-refractivity contribution is 5.96. The SMILES string of the molecule is CCc1cc(C(=O)N2Cc3ccccc3C[C@H]2C(N)=O)n[nH]1. The van der Waals surface area contributed by atoms with Crippen LogP contribution in [0.4, 0.5) is 0 Å². The molecule has 0 aliphatic carbocycles. The molecule has 2 heterocycles. The fourth-order valence-electron chi connectivity index (χ4n) is 2.79. The van der Waals surface area contributed by atoms with Crippen molar-refractivity contribution in [1.29, 1.82) is 0 Å². The number of hydrogen-bond acceptors (Lipinski definition) is 3. The molecule has 6 nitrogen and oxygen atoms in total. The maximum absolute atomic E-state index is 12.7. The van der Waals surface area contributed by atoms with Crippen LogP contribution in [0.5, 0.6) is 0 Å². The van der Waals surface area contributed by atoms with Crippen molar-refractivity contribution in [2.75, 3.05) is 0 Å². The quantitative estimate of drug-likeness (QED) is 0.886. The number of amides is 2. The van der Waals surface area contributed by atoms with Crippen LogP contribution in [0.25, 0.3) is 0 Å². The van der Waals surface area contributed by atoms with Gasteiger partial charge in [-0.25, -0.2) is 0 Å². The van der Waals surface area contributed by atoms with Gasteiger partial charge < -0.3 is 10.6 Å². The van der Waals surface area contributed by atoms with Crippen molar-refractivity contribution in [3.63, 3.8) is 0 Å². The second kappa shape index (κ2) is 5.63. The normalized spacial score (nSPS) is 17.1. The Bertz CT molecular complexity index is 722. The topological polar surface area (TPSA) is 92.1 Å². The van der Waals surface area contributed by atoms with Gasteiger partial charge in [0.2, 0.25) is 5.91 Å². The highest BCUT2D eigenvalue weighted by Gasteiger charge is 2.34. The molecule has 6 heteroatoms. The van der Waals surface area contributed by atoms with E-state index in [1.54, 1.807) is 6.07 Å². The molecule has 0 spiro atoms. The predicted molar refractivity (Wildman–Crippen MR) is 81.0 cm³/mol. The molecule has 0 saturated carbocycles. The van der Waals surface area contributed by atoms with Gasteiger partial charge in [0.15, 0.2) is 0 Å². The summed E-state index contributed by atoms with van der Waals surface area (Å²) in [5.74, 6) is -0.761. The first-order chi connectivity index (χ1) is 10.6. The third-order valence-corrected chi connectivity index (χ3v) is 4.07. The number of fused-ring (bicyclic) bond motifs is 1. The molecule has 22 heavy (non-hydrogen) atoms. The minimum Gasteiger partial charge on any atom is -0.368 e. The zero-order valence-corrected chi connectivity index (χ0v) is 12.4.